The number of nitrogens with one attached hydrogen (secondary N) is 1. The third kappa shape index (κ3) is 6.84. The number of nitrogens with zero attached hydrogens (tertiary/aromatic N) is 2. The van der Waals surface area contributed by atoms with Crippen molar-refractivity contribution in [3.05, 3.63) is 101 Å². The molecule has 41 heavy (non-hydrogen) atoms. The van der Waals surface area contributed by atoms with Gasteiger partial charge in [-0.05, 0) is 48.4 Å². The highest BCUT2D eigenvalue weighted by Gasteiger charge is 2.30. The lowest BCUT2D eigenvalue weighted by Gasteiger charge is -2.28. The van der Waals surface area contributed by atoms with E-state index in [2.05, 4.69) is 4.98 Å². The van der Waals surface area contributed by atoms with E-state index in [1.807, 2.05) is 13.8 Å². The van der Waals surface area contributed by atoms with Crippen LogP contribution in [0.3, 0.4) is 0 Å². The van der Waals surface area contributed by atoms with E-state index in [9.17, 15) is 17.6 Å². The summed E-state index contributed by atoms with van der Waals surface area (Å²) in [6.45, 7) is 4.03. The summed E-state index contributed by atoms with van der Waals surface area (Å²) in [5.74, 6) is -2.37. The summed E-state index contributed by atoms with van der Waals surface area (Å²) >= 11 is 1.12. The molecule has 0 aliphatic carbocycles. The molecule has 0 bridgehead atoms. The van der Waals surface area contributed by atoms with Crippen LogP contribution in [-0.2, 0) is 11.2 Å². The van der Waals surface area contributed by atoms with Crippen molar-refractivity contribution >= 4 is 17.6 Å². The third-order valence-electron chi connectivity index (χ3n) is 6.65. The second-order valence-corrected chi connectivity index (χ2v) is 10.8. The van der Waals surface area contributed by atoms with Crippen LogP contribution < -0.4 is 15.2 Å². The number of nitrogens with two attached hydrogens (primary N) is 1. The molecule has 4 rings (SSSR count). The predicted octanol–water partition coefficient (Wildman–Crippen LogP) is 7.15. The molecule has 0 saturated carbocycles. The molecule has 216 valence electrons. The highest BCUT2D eigenvalue weighted by molar-refractivity contribution is 7.98. The number of amidine groups is 1. The first-order chi connectivity index (χ1) is 19.5. The Balaban J connectivity index is 1.65. The van der Waals surface area contributed by atoms with Gasteiger partial charge in [0.1, 0.15) is 23.2 Å². The maximum Gasteiger partial charge on any atom is 0.173 e. The molecule has 0 aliphatic heterocycles. The van der Waals surface area contributed by atoms with Crippen LogP contribution in [0.15, 0.2) is 66.0 Å². The van der Waals surface area contributed by atoms with Gasteiger partial charge < -0.3 is 15.2 Å². The molecule has 0 amide bonds. The summed E-state index contributed by atoms with van der Waals surface area (Å²) in [6, 6.07) is 12.6. The fourth-order valence-corrected chi connectivity index (χ4v) is 5.31. The smallest absolute Gasteiger partial charge is 0.173 e. The minimum Gasteiger partial charge on any atom is -0.494 e. The fraction of sp³-hybridized carbons (Fsp3) is 0.267. The number of aromatic nitrogens is 2. The van der Waals surface area contributed by atoms with Crippen molar-refractivity contribution in [3.8, 4) is 17.2 Å². The Morgan fingerprint density at radius 2 is 1.68 bits per heavy atom. The van der Waals surface area contributed by atoms with Gasteiger partial charge in [0, 0.05) is 41.0 Å². The lowest BCUT2D eigenvalue weighted by molar-refractivity contribution is 0.309. The summed E-state index contributed by atoms with van der Waals surface area (Å²) in [7, 11) is 1.39. The van der Waals surface area contributed by atoms with Gasteiger partial charge in [-0.1, -0.05) is 31.7 Å². The molecule has 11 heteroatoms. The molecule has 0 spiro atoms. The van der Waals surface area contributed by atoms with Crippen LogP contribution in [0, 0.1) is 28.7 Å². The summed E-state index contributed by atoms with van der Waals surface area (Å²) < 4.78 is 70.2. The summed E-state index contributed by atoms with van der Waals surface area (Å²) in [6.07, 6.45) is 2.42. The minimum atomic E-state index is -0.766. The number of ether oxygens (including phenoxy) is 2. The normalized spacial score (nSPS) is 11.5. The van der Waals surface area contributed by atoms with Crippen LogP contribution in [-0.4, -0.2) is 29.1 Å². The molecular weight excluding hydrogens is 556 g/mol. The Labute approximate surface area is 240 Å². The van der Waals surface area contributed by atoms with E-state index in [0.717, 1.165) is 29.5 Å². The van der Waals surface area contributed by atoms with Gasteiger partial charge in [-0.2, -0.15) is 0 Å². The number of benzene rings is 3. The van der Waals surface area contributed by atoms with E-state index in [-0.39, 0.29) is 35.3 Å². The SMILES string of the molecule is COc1cc(C(C)(C)c2cnc(SCc3c(F)cc(OCCCC(=N)N)cc3F)n2-c2ccc(F)cc2)ccc1F. The third-order valence-corrected chi connectivity index (χ3v) is 7.63. The van der Waals surface area contributed by atoms with Gasteiger partial charge >= 0.3 is 0 Å². The Morgan fingerprint density at radius 3 is 2.32 bits per heavy atom. The largest absolute Gasteiger partial charge is 0.494 e. The lowest BCUT2D eigenvalue weighted by Crippen LogP contribution is -2.23. The van der Waals surface area contributed by atoms with Gasteiger partial charge in [-0.3, -0.25) is 9.98 Å². The van der Waals surface area contributed by atoms with E-state index in [1.165, 1.54) is 25.3 Å². The Morgan fingerprint density at radius 1 is 1.00 bits per heavy atom. The van der Waals surface area contributed by atoms with Gasteiger partial charge in [0.15, 0.2) is 16.7 Å². The highest BCUT2D eigenvalue weighted by atomic mass is 32.2. The fourth-order valence-electron chi connectivity index (χ4n) is 4.30. The molecule has 4 aromatic rings. The zero-order valence-corrected chi connectivity index (χ0v) is 23.6. The topological polar surface area (TPSA) is 86.2 Å². The van der Waals surface area contributed by atoms with E-state index < -0.39 is 28.7 Å². The number of methoxy groups -OCH3 is 1. The van der Waals surface area contributed by atoms with E-state index in [1.54, 1.807) is 35.0 Å². The van der Waals surface area contributed by atoms with Gasteiger partial charge in [0.25, 0.3) is 0 Å². The molecule has 0 saturated heterocycles. The number of imidazole rings is 1. The van der Waals surface area contributed by atoms with Crippen LogP contribution in [0.25, 0.3) is 5.69 Å². The van der Waals surface area contributed by atoms with Crippen molar-refractivity contribution in [1.29, 1.82) is 5.41 Å². The Kier molecular flexibility index (Phi) is 9.27. The quantitative estimate of drug-likeness (QED) is 0.0606. The van der Waals surface area contributed by atoms with Gasteiger partial charge in [-0.25, -0.2) is 22.5 Å². The molecule has 1 heterocycles. The molecule has 0 radical (unpaired) electrons. The first-order valence-corrected chi connectivity index (χ1v) is 13.7. The monoisotopic (exact) mass is 586 g/mol. The summed E-state index contributed by atoms with van der Waals surface area (Å²) in [5.41, 5.74) is 6.47. The average Bonchev–Trinajstić information content (AvgIpc) is 3.36. The summed E-state index contributed by atoms with van der Waals surface area (Å²) in [5, 5.41) is 7.66. The molecule has 0 atom stereocenters. The van der Waals surface area contributed by atoms with Crippen LogP contribution in [0.5, 0.6) is 11.5 Å². The highest BCUT2D eigenvalue weighted by Crippen LogP contribution is 2.38. The second kappa shape index (κ2) is 12.7. The Bertz CT molecular complexity index is 1520. The zero-order chi connectivity index (χ0) is 29.7. The standard InChI is InChI=1S/C30H30F4N4O2S/c1-30(2,18-6-11-23(32)26(13-18)39-3)27-16-37-29(38(27)20-9-7-19(31)8-10-20)41-17-22-24(33)14-21(15-25(22)34)40-12-4-5-28(35)36/h6-11,13-16H,4-5,12,17H2,1-3H3,(H3,35,36). The van der Waals surface area contributed by atoms with Crippen molar-refractivity contribution in [1.82, 2.24) is 9.55 Å². The molecule has 3 aromatic carbocycles. The van der Waals surface area contributed by atoms with Crippen LogP contribution >= 0.6 is 11.8 Å². The first kappa shape index (κ1) is 30.0. The summed E-state index contributed by atoms with van der Waals surface area (Å²) in [4.78, 5) is 4.55. The maximum atomic E-state index is 14.9. The van der Waals surface area contributed by atoms with E-state index >= 15 is 0 Å². The molecule has 0 aliphatic rings. The molecule has 6 nitrogen and oxygen atoms in total. The maximum absolute atomic E-state index is 14.9. The number of thioether (sulfide) groups is 1. The average molecular weight is 587 g/mol. The van der Waals surface area contributed by atoms with Crippen molar-refractivity contribution in [2.24, 2.45) is 5.73 Å². The van der Waals surface area contributed by atoms with Crippen molar-refractivity contribution < 1.29 is 27.0 Å². The van der Waals surface area contributed by atoms with E-state index in [4.69, 9.17) is 20.6 Å². The molecule has 1 aromatic heterocycles. The molecule has 0 fully saturated rings. The number of rotatable bonds is 12. The van der Waals surface area contributed by atoms with Crippen LogP contribution in [0.1, 0.15) is 43.5 Å². The van der Waals surface area contributed by atoms with Crippen molar-refractivity contribution in [2.45, 2.75) is 43.0 Å². The van der Waals surface area contributed by atoms with Crippen molar-refractivity contribution in [3.63, 3.8) is 0 Å². The Hall–Kier alpha value is -3.99. The van der Waals surface area contributed by atoms with Crippen LogP contribution in [0.4, 0.5) is 17.6 Å². The lowest BCUT2D eigenvalue weighted by atomic mass is 9.81. The molecule has 0 unspecified atom stereocenters. The predicted molar refractivity (Wildman–Crippen MR) is 151 cm³/mol. The van der Waals surface area contributed by atoms with E-state index in [0.29, 0.717) is 29.4 Å². The van der Waals surface area contributed by atoms with Crippen molar-refractivity contribution in [2.75, 3.05) is 13.7 Å². The number of hydrogen-bond acceptors (Lipinski definition) is 5. The number of hydrogen-bond donors (Lipinski definition) is 2. The van der Waals surface area contributed by atoms with Crippen LogP contribution in [0.2, 0.25) is 0 Å². The van der Waals surface area contributed by atoms with Gasteiger partial charge in [0.2, 0.25) is 0 Å². The van der Waals surface area contributed by atoms with Gasteiger partial charge in [0.05, 0.1) is 31.4 Å². The number of halogens is 4. The van der Waals surface area contributed by atoms with Gasteiger partial charge in [-0.15, -0.1) is 0 Å². The zero-order valence-electron chi connectivity index (χ0n) is 22.8. The second-order valence-electron chi connectivity index (χ2n) is 9.84. The molecule has 3 N–H and O–H groups in total. The first-order valence-electron chi connectivity index (χ1n) is 12.8. The molecular formula is C30H30F4N4O2S. The minimum absolute atomic E-state index is 0.0151.